The van der Waals surface area contributed by atoms with Crippen LogP contribution in [0, 0.1) is 0 Å². The summed E-state index contributed by atoms with van der Waals surface area (Å²) in [5, 5.41) is 40.3. The molecule has 1 aliphatic heterocycles. The number of rotatable bonds is 47. The molecular formula is C54H102O9. The third-order valence-corrected chi connectivity index (χ3v) is 12.6. The Kier molecular flexibility index (Phi) is 43.4. The zero-order chi connectivity index (χ0) is 45.7. The summed E-state index contributed by atoms with van der Waals surface area (Å²) in [6.45, 7) is 4.58. The Morgan fingerprint density at radius 2 is 0.873 bits per heavy atom. The van der Waals surface area contributed by atoms with Gasteiger partial charge in [0.05, 0.1) is 19.8 Å². The number of carbonyl (C=O) groups excluding carboxylic acids is 1. The lowest BCUT2D eigenvalue weighted by atomic mass is 9.99. The van der Waals surface area contributed by atoms with Crippen molar-refractivity contribution in [1.29, 1.82) is 0 Å². The number of esters is 1. The van der Waals surface area contributed by atoms with Gasteiger partial charge in [-0.15, -0.1) is 0 Å². The molecule has 9 nitrogen and oxygen atoms in total. The summed E-state index contributed by atoms with van der Waals surface area (Å²) in [5.41, 5.74) is 0. The Balaban J connectivity index is 2.17. The average molecular weight is 895 g/mol. The van der Waals surface area contributed by atoms with Gasteiger partial charge in [0, 0.05) is 13.0 Å². The van der Waals surface area contributed by atoms with Gasteiger partial charge in [-0.25, -0.2) is 0 Å². The van der Waals surface area contributed by atoms with E-state index in [0.717, 1.165) is 32.1 Å². The van der Waals surface area contributed by atoms with E-state index in [2.05, 4.69) is 38.2 Å². The largest absolute Gasteiger partial charge is 0.457 e. The quantitative estimate of drug-likeness (QED) is 0.0267. The van der Waals surface area contributed by atoms with Gasteiger partial charge in [-0.1, -0.05) is 205 Å². The lowest BCUT2D eigenvalue weighted by Gasteiger charge is -2.39. The van der Waals surface area contributed by atoms with E-state index in [1.54, 1.807) is 0 Å². The van der Waals surface area contributed by atoms with Crippen LogP contribution in [0.3, 0.4) is 0 Å². The van der Waals surface area contributed by atoms with Gasteiger partial charge >= 0.3 is 5.97 Å². The maximum Gasteiger partial charge on any atom is 0.306 e. The molecule has 0 bridgehead atoms. The fourth-order valence-electron chi connectivity index (χ4n) is 8.37. The second-order valence-electron chi connectivity index (χ2n) is 18.7. The van der Waals surface area contributed by atoms with Crippen LogP contribution in [0.1, 0.15) is 251 Å². The predicted molar refractivity (Wildman–Crippen MR) is 261 cm³/mol. The monoisotopic (exact) mass is 895 g/mol. The van der Waals surface area contributed by atoms with Gasteiger partial charge in [0.1, 0.15) is 30.5 Å². The second-order valence-corrected chi connectivity index (χ2v) is 18.7. The number of aliphatic hydroxyl groups is 4. The van der Waals surface area contributed by atoms with E-state index >= 15 is 0 Å². The summed E-state index contributed by atoms with van der Waals surface area (Å²) in [6, 6.07) is 0. The minimum atomic E-state index is -1.54. The molecule has 0 radical (unpaired) electrons. The summed E-state index contributed by atoms with van der Waals surface area (Å²) < 4.78 is 22.9. The molecule has 0 aromatic rings. The molecule has 0 aromatic carbocycles. The SMILES string of the molecule is CCCCCCCCC/C=C\CCCCCCCCOCC(COC1OC(CO)C(O)C(O)C1O)OC(=O)CCCCCCCCCCCCC/C=C\CCCCCCCCCC. The molecule has 63 heavy (non-hydrogen) atoms. The number of allylic oxidation sites excluding steroid dienone is 4. The molecule has 0 aliphatic carbocycles. The summed E-state index contributed by atoms with van der Waals surface area (Å²) in [6.07, 6.45) is 47.9. The van der Waals surface area contributed by atoms with Crippen LogP contribution in [0.2, 0.25) is 0 Å². The molecule has 1 fully saturated rings. The molecule has 1 rings (SSSR count). The molecule has 6 atom stereocenters. The first-order chi connectivity index (χ1) is 30.9. The predicted octanol–water partition coefficient (Wildman–Crippen LogP) is 13.3. The molecule has 0 aromatic heterocycles. The van der Waals surface area contributed by atoms with Gasteiger partial charge in [-0.2, -0.15) is 0 Å². The number of hydrogen-bond acceptors (Lipinski definition) is 9. The third-order valence-electron chi connectivity index (χ3n) is 12.6. The summed E-state index contributed by atoms with van der Waals surface area (Å²) >= 11 is 0. The lowest BCUT2D eigenvalue weighted by Crippen LogP contribution is -2.59. The minimum Gasteiger partial charge on any atom is -0.457 e. The number of ether oxygens (including phenoxy) is 4. The highest BCUT2D eigenvalue weighted by atomic mass is 16.7. The van der Waals surface area contributed by atoms with Crippen molar-refractivity contribution in [2.24, 2.45) is 0 Å². The molecule has 0 amide bonds. The first-order valence-corrected chi connectivity index (χ1v) is 26.9. The zero-order valence-electron chi connectivity index (χ0n) is 41.1. The minimum absolute atomic E-state index is 0.113. The van der Waals surface area contributed by atoms with Crippen molar-refractivity contribution in [2.45, 2.75) is 288 Å². The molecule has 4 N–H and O–H groups in total. The molecule has 1 aliphatic rings. The van der Waals surface area contributed by atoms with Crippen LogP contribution < -0.4 is 0 Å². The van der Waals surface area contributed by atoms with Crippen LogP contribution in [-0.4, -0.2) is 89.6 Å². The highest BCUT2D eigenvalue weighted by Gasteiger charge is 2.44. The van der Waals surface area contributed by atoms with Crippen molar-refractivity contribution in [1.82, 2.24) is 0 Å². The first-order valence-electron chi connectivity index (χ1n) is 26.9. The highest BCUT2D eigenvalue weighted by molar-refractivity contribution is 5.69. The maximum atomic E-state index is 12.9. The first kappa shape index (κ1) is 59.7. The van der Waals surface area contributed by atoms with E-state index in [-0.39, 0.29) is 19.2 Å². The summed E-state index contributed by atoms with van der Waals surface area (Å²) in [4.78, 5) is 12.9. The van der Waals surface area contributed by atoms with Crippen molar-refractivity contribution >= 4 is 5.97 Å². The Labute approximate surface area is 387 Å². The topological polar surface area (TPSA) is 135 Å². The van der Waals surface area contributed by atoms with Crippen molar-refractivity contribution in [2.75, 3.05) is 26.4 Å². The van der Waals surface area contributed by atoms with Crippen molar-refractivity contribution in [3.8, 4) is 0 Å². The van der Waals surface area contributed by atoms with Crippen molar-refractivity contribution < 1.29 is 44.2 Å². The zero-order valence-corrected chi connectivity index (χ0v) is 41.1. The fraction of sp³-hybridized carbons (Fsp3) is 0.907. The molecule has 0 saturated carbocycles. The fourth-order valence-corrected chi connectivity index (χ4v) is 8.37. The standard InChI is InChI=1S/C54H102O9/c1-3-5-7-9-11-13-15-17-19-21-22-23-24-25-26-27-29-31-33-35-37-39-41-43-50(56)62-48(47-61-54-53(59)52(58)51(57)49(45-55)63-54)46-60-44-42-40-38-36-34-32-30-28-20-18-16-14-12-10-8-6-4-2/h20-22,28,48-49,51-55,57-59H,3-19,23-27,29-47H2,1-2H3/b22-21-,28-20-. The van der Waals surface area contributed by atoms with Crippen LogP contribution in [0.25, 0.3) is 0 Å². The Bertz CT molecular complexity index is 1020. The lowest BCUT2D eigenvalue weighted by molar-refractivity contribution is -0.305. The van der Waals surface area contributed by atoms with Gasteiger partial charge in [-0.3, -0.25) is 4.79 Å². The van der Waals surface area contributed by atoms with Crippen molar-refractivity contribution in [3.63, 3.8) is 0 Å². The number of aliphatic hydroxyl groups excluding tert-OH is 4. The van der Waals surface area contributed by atoms with Gasteiger partial charge in [0.25, 0.3) is 0 Å². The Morgan fingerprint density at radius 1 is 0.492 bits per heavy atom. The van der Waals surface area contributed by atoms with Crippen LogP contribution in [0.4, 0.5) is 0 Å². The van der Waals surface area contributed by atoms with E-state index in [1.807, 2.05) is 0 Å². The summed E-state index contributed by atoms with van der Waals surface area (Å²) in [7, 11) is 0. The molecule has 0 spiro atoms. The highest BCUT2D eigenvalue weighted by Crippen LogP contribution is 2.23. The molecule has 372 valence electrons. The number of unbranched alkanes of at least 4 members (excludes halogenated alkanes) is 32. The third kappa shape index (κ3) is 36.5. The number of hydrogen-bond donors (Lipinski definition) is 4. The van der Waals surface area contributed by atoms with Gasteiger partial charge in [0.15, 0.2) is 6.29 Å². The maximum absolute atomic E-state index is 12.9. The average Bonchev–Trinajstić information content (AvgIpc) is 3.28. The molecular weight excluding hydrogens is 793 g/mol. The summed E-state index contributed by atoms with van der Waals surface area (Å²) in [5.74, 6) is -0.312. The molecule has 1 heterocycles. The Morgan fingerprint density at radius 3 is 1.29 bits per heavy atom. The van der Waals surface area contributed by atoms with E-state index in [9.17, 15) is 25.2 Å². The molecule has 9 heteroatoms. The second kappa shape index (κ2) is 45.8. The van der Waals surface area contributed by atoms with Crippen LogP contribution >= 0.6 is 0 Å². The van der Waals surface area contributed by atoms with Crippen LogP contribution in [0.15, 0.2) is 24.3 Å². The number of carbonyl (C=O) groups is 1. The smallest absolute Gasteiger partial charge is 0.306 e. The van der Waals surface area contributed by atoms with Crippen molar-refractivity contribution in [3.05, 3.63) is 24.3 Å². The van der Waals surface area contributed by atoms with Gasteiger partial charge in [0.2, 0.25) is 0 Å². The normalized spacial score (nSPS) is 19.7. The molecule has 1 saturated heterocycles. The van der Waals surface area contributed by atoms with Gasteiger partial charge in [-0.05, 0) is 64.2 Å². The Hall–Kier alpha value is -1.33. The van der Waals surface area contributed by atoms with E-state index in [4.69, 9.17) is 18.9 Å². The molecule has 6 unspecified atom stereocenters. The van der Waals surface area contributed by atoms with E-state index < -0.39 is 43.4 Å². The van der Waals surface area contributed by atoms with Crippen LogP contribution in [-0.2, 0) is 23.7 Å². The van der Waals surface area contributed by atoms with E-state index in [1.165, 1.54) is 199 Å². The van der Waals surface area contributed by atoms with Crippen LogP contribution in [0.5, 0.6) is 0 Å². The van der Waals surface area contributed by atoms with Gasteiger partial charge < -0.3 is 39.4 Å². The van der Waals surface area contributed by atoms with E-state index in [0.29, 0.717) is 13.0 Å².